The van der Waals surface area contributed by atoms with Crippen LogP contribution < -0.4 is 20.3 Å². The summed E-state index contributed by atoms with van der Waals surface area (Å²) in [6, 6.07) is 10.6. The van der Waals surface area contributed by atoms with Gasteiger partial charge < -0.3 is 19.9 Å². The topological polar surface area (TPSA) is 73.9 Å². The number of halogens is 2. The zero-order valence-corrected chi connectivity index (χ0v) is 21.8. The number of nitrogens with zero attached hydrogens (tertiary/aromatic N) is 2. The van der Waals surface area contributed by atoms with E-state index in [0.717, 1.165) is 10.2 Å². The number of hydrogen-bond acceptors (Lipinski definition) is 5. The van der Waals surface area contributed by atoms with E-state index in [4.69, 9.17) is 28.6 Å². The Kier molecular flexibility index (Phi) is 8.56. The van der Waals surface area contributed by atoms with Crippen LogP contribution in [0.2, 0.25) is 5.02 Å². The summed E-state index contributed by atoms with van der Waals surface area (Å²) in [6.07, 6.45) is 0. The Morgan fingerprint density at radius 1 is 1.15 bits per heavy atom. The van der Waals surface area contributed by atoms with Gasteiger partial charge in [0.25, 0.3) is 5.91 Å². The highest BCUT2D eigenvalue weighted by molar-refractivity contribution is 9.10. The number of benzene rings is 2. The first kappa shape index (κ1) is 25.3. The van der Waals surface area contributed by atoms with E-state index in [2.05, 4.69) is 31.5 Å². The van der Waals surface area contributed by atoms with Gasteiger partial charge in [-0.15, -0.1) is 0 Å². The van der Waals surface area contributed by atoms with E-state index in [1.54, 1.807) is 18.2 Å². The largest absolute Gasteiger partial charge is 0.496 e. The standard InChI is InChI=1S/C23H26BrClN4O3S/c1-14(2)22(31)29-11-9-28(10-12-29)20-17(25)5-4-6-18(20)26-23(33)27-21(30)16-13-15(24)7-8-19(16)32-3/h4-8,13-14H,9-12H2,1-3H3,(H2,26,27,30,33). The second-order valence-corrected chi connectivity index (χ2v) is 9.59. The van der Waals surface area contributed by atoms with Crippen molar-refractivity contribution in [3.8, 4) is 5.75 Å². The van der Waals surface area contributed by atoms with Crippen LogP contribution in [0.5, 0.6) is 5.75 Å². The van der Waals surface area contributed by atoms with E-state index >= 15 is 0 Å². The first-order valence-corrected chi connectivity index (χ1v) is 12.1. The van der Waals surface area contributed by atoms with Crippen LogP contribution in [0.1, 0.15) is 24.2 Å². The number of amides is 2. The van der Waals surface area contributed by atoms with Gasteiger partial charge >= 0.3 is 0 Å². The van der Waals surface area contributed by atoms with Gasteiger partial charge in [-0.2, -0.15) is 0 Å². The summed E-state index contributed by atoms with van der Waals surface area (Å²) in [6.45, 7) is 6.33. The second-order valence-electron chi connectivity index (χ2n) is 7.86. The molecule has 0 unspecified atom stereocenters. The van der Waals surface area contributed by atoms with Crippen molar-refractivity contribution in [2.75, 3.05) is 43.5 Å². The maximum Gasteiger partial charge on any atom is 0.261 e. The minimum atomic E-state index is -0.393. The molecule has 1 fully saturated rings. The summed E-state index contributed by atoms with van der Waals surface area (Å²) in [4.78, 5) is 29.1. The summed E-state index contributed by atoms with van der Waals surface area (Å²) in [5, 5.41) is 6.49. The fourth-order valence-corrected chi connectivity index (χ4v) is 4.49. The molecule has 0 radical (unpaired) electrons. The number of thiocarbonyl (C=S) groups is 1. The zero-order chi connectivity index (χ0) is 24.1. The molecule has 2 aromatic rings. The summed E-state index contributed by atoms with van der Waals surface area (Å²) in [5.41, 5.74) is 1.82. The van der Waals surface area contributed by atoms with Crippen LogP contribution in [-0.2, 0) is 4.79 Å². The van der Waals surface area contributed by atoms with Crippen LogP contribution in [0.4, 0.5) is 11.4 Å². The van der Waals surface area contributed by atoms with E-state index in [9.17, 15) is 9.59 Å². The van der Waals surface area contributed by atoms with E-state index in [1.807, 2.05) is 36.9 Å². The van der Waals surface area contributed by atoms with Gasteiger partial charge in [-0.1, -0.05) is 47.4 Å². The number of methoxy groups -OCH3 is 1. The number of hydrogen-bond donors (Lipinski definition) is 2. The quantitative estimate of drug-likeness (QED) is 0.530. The molecular formula is C23H26BrClN4O3S. The number of piperazine rings is 1. The Labute approximate surface area is 212 Å². The molecule has 0 spiro atoms. The lowest BCUT2D eigenvalue weighted by atomic mass is 10.1. The molecule has 7 nitrogen and oxygen atoms in total. The summed E-state index contributed by atoms with van der Waals surface area (Å²) in [5.74, 6) is 0.170. The average Bonchev–Trinajstić information content (AvgIpc) is 2.78. The lowest BCUT2D eigenvalue weighted by Crippen LogP contribution is -2.50. The number of ether oxygens (including phenoxy) is 1. The van der Waals surface area contributed by atoms with Crippen LogP contribution in [0.15, 0.2) is 40.9 Å². The predicted molar refractivity (Wildman–Crippen MR) is 139 cm³/mol. The lowest BCUT2D eigenvalue weighted by Gasteiger charge is -2.38. The van der Waals surface area contributed by atoms with Gasteiger partial charge in [-0.25, -0.2) is 0 Å². The van der Waals surface area contributed by atoms with Gasteiger partial charge in [-0.3, -0.25) is 14.9 Å². The molecule has 33 heavy (non-hydrogen) atoms. The van der Waals surface area contributed by atoms with Crippen molar-refractivity contribution >= 4 is 68.1 Å². The highest BCUT2D eigenvalue weighted by Crippen LogP contribution is 2.34. The molecule has 0 aromatic heterocycles. The minimum Gasteiger partial charge on any atom is -0.496 e. The summed E-state index contributed by atoms with van der Waals surface area (Å²) in [7, 11) is 1.50. The smallest absolute Gasteiger partial charge is 0.261 e. The Hall–Kier alpha value is -2.36. The number of rotatable bonds is 5. The van der Waals surface area contributed by atoms with Crippen LogP contribution in [0.3, 0.4) is 0 Å². The number of anilines is 2. The monoisotopic (exact) mass is 552 g/mol. The third-order valence-corrected chi connectivity index (χ3v) is 6.27. The van der Waals surface area contributed by atoms with E-state index in [-0.39, 0.29) is 16.9 Å². The fraction of sp³-hybridized carbons (Fsp3) is 0.348. The molecule has 0 aliphatic carbocycles. The van der Waals surface area contributed by atoms with Gasteiger partial charge in [0.05, 0.1) is 29.1 Å². The van der Waals surface area contributed by atoms with Gasteiger partial charge in [0.2, 0.25) is 5.91 Å². The molecule has 0 bridgehead atoms. The zero-order valence-electron chi connectivity index (χ0n) is 18.7. The van der Waals surface area contributed by atoms with Crippen molar-refractivity contribution in [2.24, 2.45) is 5.92 Å². The Morgan fingerprint density at radius 2 is 1.85 bits per heavy atom. The molecule has 1 saturated heterocycles. The Balaban J connectivity index is 1.72. The van der Waals surface area contributed by atoms with Gasteiger partial charge in [-0.05, 0) is 42.5 Å². The lowest BCUT2D eigenvalue weighted by molar-refractivity contribution is -0.134. The van der Waals surface area contributed by atoms with Gasteiger partial charge in [0.1, 0.15) is 5.75 Å². The average molecular weight is 554 g/mol. The molecule has 1 aliphatic rings. The van der Waals surface area contributed by atoms with Crippen LogP contribution >= 0.6 is 39.7 Å². The number of carbonyl (C=O) groups is 2. The number of para-hydroxylation sites is 1. The van der Waals surface area contributed by atoms with Crippen molar-refractivity contribution in [3.63, 3.8) is 0 Å². The number of carbonyl (C=O) groups excluding carboxylic acids is 2. The highest BCUT2D eigenvalue weighted by atomic mass is 79.9. The molecule has 2 amide bonds. The van der Waals surface area contributed by atoms with Gasteiger partial charge in [0.15, 0.2) is 5.11 Å². The predicted octanol–water partition coefficient (Wildman–Crippen LogP) is 4.54. The molecule has 176 valence electrons. The molecule has 2 N–H and O–H groups in total. The Bertz CT molecular complexity index is 1060. The first-order chi connectivity index (χ1) is 15.7. The van der Waals surface area contributed by atoms with Gasteiger partial charge in [0, 0.05) is 36.6 Å². The van der Waals surface area contributed by atoms with Crippen molar-refractivity contribution in [3.05, 3.63) is 51.5 Å². The highest BCUT2D eigenvalue weighted by Gasteiger charge is 2.25. The Morgan fingerprint density at radius 3 is 2.48 bits per heavy atom. The van der Waals surface area contributed by atoms with Crippen molar-refractivity contribution in [1.29, 1.82) is 0 Å². The van der Waals surface area contributed by atoms with Crippen LogP contribution in [0.25, 0.3) is 0 Å². The van der Waals surface area contributed by atoms with Crippen molar-refractivity contribution in [2.45, 2.75) is 13.8 Å². The third kappa shape index (κ3) is 6.16. The molecule has 3 rings (SSSR count). The summed E-state index contributed by atoms with van der Waals surface area (Å²) < 4.78 is 6.03. The van der Waals surface area contributed by atoms with E-state index in [1.165, 1.54) is 7.11 Å². The summed E-state index contributed by atoms with van der Waals surface area (Å²) >= 11 is 15.3. The maximum absolute atomic E-state index is 12.8. The minimum absolute atomic E-state index is 0.0288. The van der Waals surface area contributed by atoms with Crippen LogP contribution in [0, 0.1) is 5.92 Å². The van der Waals surface area contributed by atoms with Crippen LogP contribution in [-0.4, -0.2) is 55.1 Å². The SMILES string of the molecule is COc1ccc(Br)cc1C(=O)NC(=S)Nc1cccc(Cl)c1N1CCN(C(=O)C(C)C)CC1. The normalized spacial score (nSPS) is 13.6. The molecule has 0 atom stereocenters. The molecule has 2 aromatic carbocycles. The first-order valence-electron chi connectivity index (χ1n) is 10.5. The fourth-order valence-electron chi connectivity index (χ4n) is 3.63. The van der Waals surface area contributed by atoms with E-state index in [0.29, 0.717) is 48.2 Å². The molecular weight excluding hydrogens is 528 g/mol. The maximum atomic E-state index is 12.8. The molecule has 1 aliphatic heterocycles. The molecule has 0 saturated carbocycles. The third-order valence-electron chi connectivity index (χ3n) is 5.27. The van der Waals surface area contributed by atoms with Crippen molar-refractivity contribution < 1.29 is 14.3 Å². The second kappa shape index (κ2) is 11.2. The number of nitrogens with one attached hydrogen (secondary N) is 2. The molecule has 10 heteroatoms. The van der Waals surface area contributed by atoms with Crippen molar-refractivity contribution in [1.82, 2.24) is 10.2 Å². The molecule has 1 heterocycles. The van der Waals surface area contributed by atoms with E-state index < -0.39 is 5.91 Å².